The van der Waals surface area contributed by atoms with Crippen LogP contribution in [0.1, 0.15) is 24.8 Å². The quantitative estimate of drug-likeness (QED) is 0.686. The van der Waals surface area contributed by atoms with E-state index in [1.165, 1.54) is 0 Å². The van der Waals surface area contributed by atoms with Gasteiger partial charge in [0, 0.05) is 6.04 Å². The van der Waals surface area contributed by atoms with Gasteiger partial charge >= 0.3 is 0 Å². The predicted molar refractivity (Wildman–Crippen MR) is 100 cm³/mol. The fourth-order valence-electron chi connectivity index (χ4n) is 2.63. The number of carbonyl (C=O) groups excluding carboxylic acids is 1. The SMILES string of the molecule is Cc1cccc(OCc2nnc(S[C@H](C)C(=O)N[C@H]3CCS(=O)(=O)C3)o2)c1. The number of ether oxygens (including phenoxy) is 1. The number of hydrogen-bond acceptors (Lipinski definition) is 8. The minimum atomic E-state index is -3.03. The van der Waals surface area contributed by atoms with E-state index in [1.807, 2.05) is 31.2 Å². The summed E-state index contributed by atoms with van der Waals surface area (Å²) in [7, 11) is -3.03. The summed E-state index contributed by atoms with van der Waals surface area (Å²) in [4.78, 5) is 12.2. The van der Waals surface area contributed by atoms with Crippen LogP contribution >= 0.6 is 11.8 Å². The van der Waals surface area contributed by atoms with Gasteiger partial charge in [-0.05, 0) is 38.0 Å². The lowest BCUT2D eigenvalue weighted by atomic mass is 10.2. The van der Waals surface area contributed by atoms with Crippen molar-refractivity contribution in [1.82, 2.24) is 15.5 Å². The topological polar surface area (TPSA) is 111 Å². The van der Waals surface area contributed by atoms with Gasteiger partial charge in [0.15, 0.2) is 16.4 Å². The zero-order valence-corrected chi connectivity index (χ0v) is 16.7. The molecular weight excluding hydrogens is 390 g/mol. The second kappa shape index (κ2) is 8.30. The third-order valence-corrected chi connectivity index (χ3v) is 6.73. The fraction of sp³-hybridized carbons (Fsp3) is 0.471. The van der Waals surface area contributed by atoms with Gasteiger partial charge in [0.2, 0.25) is 5.91 Å². The van der Waals surface area contributed by atoms with Crippen molar-refractivity contribution in [3.05, 3.63) is 35.7 Å². The second-order valence-electron chi connectivity index (χ2n) is 6.44. The zero-order chi connectivity index (χ0) is 19.4. The minimum Gasteiger partial charge on any atom is -0.484 e. The summed E-state index contributed by atoms with van der Waals surface area (Å²) in [6.07, 6.45) is 0.451. The van der Waals surface area contributed by atoms with E-state index in [-0.39, 0.29) is 35.3 Å². The van der Waals surface area contributed by atoms with Crippen molar-refractivity contribution in [2.24, 2.45) is 0 Å². The molecule has 10 heteroatoms. The molecule has 1 N–H and O–H groups in total. The Morgan fingerprint density at radius 1 is 1.44 bits per heavy atom. The fourth-order valence-corrected chi connectivity index (χ4v) is 5.01. The lowest BCUT2D eigenvalue weighted by molar-refractivity contribution is -0.120. The highest BCUT2D eigenvalue weighted by Gasteiger charge is 2.30. The van der Waals surface area contributed by atoms with Gasteiger partial charge in [-0.3, -0.25) is 4.79 Å². The number of carbonyl (C=O) groups is 1. The molecule has 1 aromatic heterocycles. The third-order valence-electron chi connectivity index (χ3n) is 4.03. The first-order valence-corrected chi connectivity index (χ1v) is 11.2. The molecule has 0 radical (unpaired) electrons. The highest BCUT2D eigenvalue weighted by molar-refractivity contribution is 8.00. The number of aromatic nitrogens is 2. The highest BCUT2D eigenvalue weighted by Crippen LogP contribution is 2.23. The first-order chi connectivity index (χ1) is 12.8. The Bertz CT molecular complexity index is 913. The van der Waals surface area contributed by atoms with Gasteiger partial charge in [-0.25, -0.2) is 8.42 Å². The lowest BCUT2D eigenvalue weighted by Gasteiger charge is -2.14. The summed E-state index contributed by atoms with van der Waals surface area (Å²) in [5.74, 6) is 0.887. The number of hydrogen-bond donors (Lipinski definition) is 1. The zero-order valence-electron chi connectivity index (χ0n) is 15.0. The first-order valence-electron chi connectivity index (χ1n) is 8.50. The summed E-state index contributed by atoms with van der Waals surface area (Å²) in [5.41, 5.74) is 1.09. The minimum absolute atomic E-state index is 0.00285. The highest BCUT2D eigenvalue weighted by atomic mass is 32.2. The molecule has 0 aliphatic carbocycles. The van der Waals surface area contributed by atoms with Crippen molar-refractivity contribution in [3.8, 4) is 5.75 Å². The van der Waals surface area contributed by atoms with Crippen LogP contribution in [0.15, 0.2) is 33.9 Å². The van der Waals surface area contributed by atoms with Gasteiger partial charge in [0.05, 0.1) is 16.8 Å². The van der Waals surface area contributed by atoms with E-state index in [9.17, 15) is 13.2 Å². The number of thioether (sulfide) groups is 1. The van der Waals surface area contributed by atoms with Gasteiger partial charge in [-0.1, -0.05) is 23.9 Å². The molecule has 0 bridgehead atoms. The number of nitrogens with zero attached hydrogens (tertiary/aromatic N) is 2. The number of amides is 1. The van der Waals surface area contributed by atoms with E-state index in [2.05, 4.69) is 15.5 Å². The second-order valence-corrected chi connectivity index (χ2v) is 9.96. The van der Waals surface area contributed by atoms with E-state index in [0.717, 1.165) is 17.3 Å². The van der Waals surface area contributed by atoms with E-state index >= 15 is 0 Å². The van der Waals surface area contributed by atoms with Crippen LogP contribution in [0.2, 0.25) is 0 Å². The van der Waals surface area contributed by atoms with Crippen molar-refractivity contribution in [3.63, 3.8) is 0 Å². The summed E-state index contributed by atoms with van der Waals surface area (Å²) in [5, 5.41) is 10.4. The van der Waals surface area contributed by atoms with Crippen molar-refractivity contribution in [1.29, 1.82) is 0 Å². The number of rotatable bonds is 7. The van der Waals surface area contributed by atoms with E-state index in [0.29, 0.717) is 18.1 Å². The van der Waals surface area contributed by atoms with Crippen molar-refractivity contribution < 1.29 is 22.4 Å². The molecular formula is C17H21N3O5S2. The van der Waals surface area contributed by atoms with Crippen LogP contribution in [-0.4, -0.2) is 47.3 Å². The van der Waals surface area contributed by atoms with Crippen LogP contribution in [0.5, 0.6) is 5.75 Å². The summed E-state index contributed by atoms with van der Waals surface area (Å²) in [6, 6.07) is 7.29. The molecule has 1 amide bonds. The largest absolute Gasteiger partial charge is 0.484 e. The summed E-state index contributed by atoms with van der Waals surface area (Å²) in [6.45, 7) is 3.82. The molecule has 146 valence electrons. The van der Waals surface area contributed by atoms with Crippen molar-refractivity contribution >= 4 is 27.5 Å². The normalized spacial score (nSPS) is 19.6. The number of aryl methyl sites for hydroxylation is 1. The van der Waals surface area contributed by atoms with Gasteiger partial charge in [-0.2, -0.15) is 0 Å². The number of sulfone groups is 1. The molecule has 1 aromatic carbocycles. The van der Waals surface area contributed by atoms with Gasteiger partial charge in [-0.15, -0.1) is 10.2 Å². The van der Waals surface area contributed by atoms with Gasteiger partial charge in [0.25, 0.3) is 11.1 Å². The molecule has 0 spiro atoms. The van der Waals surface area contributed by atoms with Gasteiger partial charge in [0.1, 0.15) is 5.75 Å². The summed E-state index contributed by atoms with van der Waals surface area (Å²) < 4.78 is 34.0. The van der Waals surface area contributed by atoms with Gasteiger partial charge < -0.3 is 14.5 Å². The van der Waals surface area contributed by atoms with Crippen LogP contribution in [0.25, 0.3) is 0 Å². The van der Waals surface area contributed by atoms with Crippen LogP contribution in [-0.2, 0) is 21.2 Å². The van der Waals surface area contributed by atoms with E-state index in [4.69, 9.17) is 9.15 Å². The molecule has 27 heavy (non-hydrogen) atoms. The Kier molecular flexibility index (Phi) is 6.05. The standard InChI is InChI=1S/C17H21N3O5S2/c1-11-4-3-5-14(8-11)24-9-15-19-20-17(25-15)26-12(2)16(21)18-13-6-7-27(22,23)10-13/h3-5,8,12-13H,6-7,9-10H2,1-2H3,(H,18,21)/t12-,13+/m1/s1. The Balaban J connectivity index is 1.48. The maximum absolute atomic E-state index is 12.2. The first kappa shape index (κ1) is 19.7. The molecule has 2 aromatic rings. The average molecular weight is 412 g/mol. The maximum atomic E-state index is 12.2. The summed E-state index contributed by atoms with van der Waals surface area (Å²) >= 11 is 1.12. The average Bonchev–Trinajstić information content (AvgIpc) is 3.19. The molecule has 1 saturated heterocycles. The number of benzene rings is 1. The predicted octanol–water partition coefficient (Wildman–Crippen LogP) is 1.74. The van der Waals surface area contributed by atoms with E-state index < -0.39 is 15.1 Å². The maximum Gasteiger partial charge on any atom is 0.277 e. The number of nitrogens with one attached hydrogen (secondary N) is 1. The molecule has 2 atom stereocenters. The van der Waals surface area contributed by atoms with Crippen molar-refractivity contribution in [2.45, 2.75) is 43.4 Å². The molecule has 1 aliphatic rings. The van der Waals surface area contributed by atoms with E-state index in [1.54, 1.807) is 6.92 Å². The third kappa shape index (κ3) is 5.70. The van der Waals surface area contributed by atoms with Crippen LogP contribution in [0, 0.1) is 6.92 Å². The lowest BCUT2D eigenvalue weighted by Crippen LogP contribution is -2.39. The monoisotopic (exact) mass is 411 g/mol. The van der Waals surface area contributed by atoms with Crippen LogP contribution < -0.4 is 10.1 Å². The van der Waals surface area contributed by atoms with Crippen LogP contribution in [0.3, 0.4) is 0 Å². The smallest absolute Gasteiger partial charge is 0.277 e. The Morgan fingerprint density at radius 2 is 2.26 bits per heavy atom. The Morgan fingerprint density at radius 3 is 2.96 bits per heavy atom. The Hall–Kier alpha value is -2.07. The molecule has 0 saturated carbocycles. The molecule has 3 rings (SSSR count). The molecule has 1 aliphatic heterocycles. The molecule has 0 unspecified atom stereocenters. The molecule has 1 fully saturated rings. The van der Waals surface area contributed by atoms with Crippen LogP contribution in [0.4, 0.5) is 0 Å². The van der Waals surface area contributed by atoms with Crippen molar-refractivity contribution in [2.75, 3.05) is 11.5 Å². The molecule has 2 heterocycles. The molecule has 8 nitrogen and oxygen atoms in total. The Labute approximate surface area is 162 Å².